The maximum atomic E-state index is 12.0. The molecule has 1 amide bonds. The fourth-order valence-corrected chi connectivity index (χ4v) is 2.37. The maximum absolute atomic E-state index is 12.0. The molecule has 2 aromatic heterocycles. The number of Topliss-reactive ketones (excluding diaryl/α,β-unsaturated/α-hetero) is 1. The molecule has 1 N–H and O–H groups in total. The minimum atomic E-state index is -1.35. The Labute approximate surface area is 131 Å². The van der Waals surface area contributed by atoms with Crippen LogP contribution in [0.25, 0.3) is 0 Å². The van der Waals surface area contributed by atoms with Gasteiger partial charge in [0.15, 0.2) is 11.7 Å². The van der Waals surface area contributed by atoms with E-state index in [0.29, 0.717) is 5.82 Å². The van der Waals surface area contributed by atoms with Crippen molar-refractivity contribution in [2.75, 3.05) is 11.1 Å². The Morgan fingerprint density at radius 3 is 2.64 bits per heavy atom. The highest BCUT2D eigenvalue weighted by molar-refractivity contribution is 8.00. The standard InChI is InChI=1S/C15H12N4O2S/c16-9-12(15(21)19-14-3-1-2-6-18-14)13(20)10-22-11-4-7-17-8-5-11/h1-8,12H,10H2,(H,18,19,21)/t12-/m1/s1. The van der Waals surface area contributed by atoms with Crippen LogP contribution in [0.1, 0.15) is 0 Å². The fourth-order valence-electron chi connectivity index (χ4n) is 1.58. The monoisotopic (exact) mass is 312 g/mol. The minimum absolute atomic E-state index is 0.0396. The second-order valence-electron chi connectivity index (χ2n) is 4.20. The third-order valence-corrected chi connectivity index (χ3v) is 3.69. The van der Waals surface area contributed by atoms with Crippen LogP contribution < -0.4 is 5.32 Å². The normalized spacial score (nSPS) is 11.2. The van der Waals surface area contributed by atoms with Crippen molar-refractivity contribution in [3.8, 4) is 6.07 Å². The summed E-state index contributed by atoms with van der Waals surface area (Å²) >= 11 is 1.26. The molecule has 0 saturated carbocycles. The predicted octanol–water partition coefficient (Wildman–Crippen LogP) is 1.92. The summed E-state index contributed by atoms with van der Waals surface area (Å²) in [6, 6.07) is 10.2. The van der Waals surface area contributed by atoms with Crippen LogP contribution in [0.2, 0.25) is 0 Å². The van der Waals surface area contributed by atoms with E-state index in [1.54, 1.807) is 48.8 Å². The lowest BCUT2D eigenvalue weighted by Crippen LogP contribution is -2.30. The van der Waals surface area contributed by atoms with Gasteiger partial charge in [-0.05, 0) is 24.3 Å². The van der Waals surface area contributed by atoms with E-state index in [-0.39, 0.29) is 5.75 Å². The van der Waals surface area contributed by atoms with Gasteiger partial charge >= 0.3 is 0 Å². The summed E-state index contributed by atoms with van der Waals surface area (Å²) in [4.78, 5) is 32.7. The molecular formula is C15H12N4O2S. The zero-order valence-electron chi connectivity index (χ0n) is 11.5. The van der Waals surface area contributed by atoms with Gasteiger partial charge < -0.3 is 5.32 Å². The molecule has 7 heteroatoms. The van der Waals surface area contributed by atoms with Crippen LogP contribution in [0.3, 0.4) is 0 Å². The molecule has 0 aliphatic rings. The molecule has 0 spiro atoms. The number of nitrogens with one attached hydrogen (secondary N) is 1. The summed E-state index contributed by atoms with van der Waals surface area (Å²) in [5.41, 5.74) is 0. The highest BCUT2D eigenvalue weighted by Crippen LogP contribution is 2.18. The van der Waals surface area contributed by atoms with Crippen LogP contribution in [-0.4, -0.2) is 27.4 Å². The molecule has 0 bridgehead atoms. The van der Waals surface area contributed by atoms with E-state index in [2.05, 4.69) is 15.3 Å². The number of hydrogen-bond donors (Lipinski definition) is 1. The predicted molar refractivity (Wildman–Crippen MR) is 81.9 cm³/mol. The van der Waals surface area contributed by atoms with Gasteiger partial charge in [0.2, 0.25) is 0 Å². The first-order chi connectivity index (χ1) is 10.7. The Balaban J connectivity index is 1.94. The SMILES string of the molecule is N#C[C@H](C(=O)CSc1ccncc1)C(=O)Nc1ccccn1. The highest BCUT2D eigenvalue weighted by atomic mass is 32.2. The summed E-state index contributed by atoms with van der Waals surface area (Å²) in [6.07, 6.45) is 4.74. The zero-order valence-corrected chi connectivity index (χ0v) is 12.3. The summed E-state index contributed by atoms with van der Waals surface area (Å²) in [7, 11) is 0. The summed E-state index contributed by atoms with van der Waals surface area (Å²) < 4.78 is 0. The molecule has 0 unspecified atom stereocenters. The van der Waals surface area contributed by atoms with Gasteiger partial charge in [-0.3, -0.25) is 14.6 Å². The largest absolute Gasteiger partial charge is 0.309 e. The average Bonchev–Trinajstić information content (AvgIpc) is 2.55. The van der Waals surface area contributed by atoms with Crippen molar-refractivity contribution >= 4 is 29.3 Å². The number of thioether (sulfide) groups is 1. The quantitative estimate of drug-likeness (QED) is 0.646. The third-order valence-electron chi connectivity index (χ3n) is 2.66. The van der Waals surface area contributed by atoms with E-state index in [1.807, 2.05) is 0 Å². The minimum Gasteiger partial charge on any atom is -0.309 e. The van der Waals surface area contributed by atoms with Crippen LogP contribution in [0.15, 0.2) is 53.8 Å². The van der Waals surface area contributed by atoms with Crippen LogP contribution in [0, 0.1) is 17.2 Å². The molecule has 0 aromatic carbocycles. The van der Waals surface area contributed by atoms with Crippen molar-refractivity contribution in [1.82, 2.24) is 9.97 Å². The molecular weight excluding hydrogens is 300 g/mol. The number of pyridine rings is 2. The second-order valence-corrected chi connectivity index (χ2v) is 5.25. The smallest absolute Gasteiger partial charge is 0.250 e. The van der Waals surface area contributed by atoms with Crippen molar-refractivity contribution in [1.29, 1.82) is 5.26 Å². The van der Waals surface area contributed by atoms with Gasteiger partial charge in [-0.2, -0.15) is 5.26 Å². The number of aromatic nitrogens is 2. The molecule has 2 aromatic rings. The van der Waals surface area contributed by atoms with Gasteiger partial charge in [-0.25, -0.2) is 4.98 Å². The highest BCUT2D eigenvalue weighted by Gasteiger charge is 2.26. The Morgan fingerprint density at radius 1 is 1.23 bits per heavy atom. The lowest BCUT2D eigenvalue weighted by atomic mass is 10.1. The van der Waals surface area contributed by atoms with Crippen molar-refractivity contribution in [3.63, 3.8) is 0 Å². The third kappa shape index (κ3) is 4.40. The van der Waals surface area contributed by atoms with Crippen molar-refractivity contribution < 1.29 is 9.59 Å². The van der Waals surface area contributed by atoms with E-state index in [0.717, 1.165) is 4.90 Å². The number of rotatable bonds is 6. The van der Waals surface area contributed by atoms with Gasteiger partial charge in [0.1, 0.15) is 5.82 Å². The molecule has 0 aliphatic carbocycles. The first kappa shape index (κ1) is 15.7. The number of hydrogen-bond acceptors (Lipinski definition) is 6. The van der Waals surface area contributed by atoms with Crippen LogP contribution in [-0.2, 0) is 9.59 Å². The lowest BCUT2D eigenvalue weighted by Gasteiger charge is -2.08. The van der Waals surface area contributed by atoms with E-state index in [4.69, 9.17) is 5.26 Å². The van der Waals surface area contributed by atoms with Crippen molar-refractivity contribution in [3.05, 3.63) is 48.9 Å². The van der Waals surface area contributed by atoms with E-state index in [1.165, 1.54) is 18.0 Å². The van der Waals surface area contributed by atoms with E-state index >= 15 is 0 Å². The van der Waals surface area contributed by atoms with E-state index in [9.17, 15) is 9.59 Å². The summed E-state index contributed by atoms with van der Waals surface area (Å²) in [5, 5.41) is 11.5. The number of carbonyl (C=O) groups is 2. The Morgan fingerprint density at radius 2 is 2.00 bits per heavy atom. The molecule has 0 fully saturated rings. The molecule has 2 rings (SSSR count). The molecule has 0 radical (unpaired) electrons. The Bertz CT molecular complexity index is 686. The van der Waals surface area contributed by atoms with Crippen LogP contribution in [0.4, 0.5) is 5.82 Å². The number of amides is 1. The van der Waals surface area contributed by atoms with Gasteiger partial charge in [0, 0.05) is 23.5 Å². The van der Waals surface area contributed by atoms with Crippen molar-refractivity contribution in [2.45, 2.75) is 4.90 Å². The van der Waals surface area contributed by atoms with Gasteiger partial charge in [0.05, 0.1) is 11.8 Å². The molecule has 0 saturated heterocycles. The Kier molecular flexibility index (Phi) is 5.63. The Hall–Kier alpha value is -2.72. The number of nitrogens with zero attached hydrogens (tertiary/aromatic N) is 3. The first-order valence-corrected chi connectivity index (χ1v) is 7.36. The number of nitriles is 1. The molecule has 0 aliphatic heterocycles. The van der Waals surface area contributed by atoms with Gasteiger partial charge in [-0.1, -0.05) is 6.07 Å². The molecule has 1 atom stereocenters. The molecule has 2 heterocycles. The molecule has 22 heavy (non-hydrogen) atoms. The van der Waals surface area contributed by atoms with Gasteiger partial charge in [-0.15, -0.1) is 11.8 Å². The van der Waals surface area contributed by atoms with E-state index < -0.39 is 17.6 Å². The first-order valence-electron chi connectivity index (χ1n) is 6.38. The number of carbonyl (C=O) groups excluding carboxylic acids is 2. The lowest BCUT2D eigenvalue weighted by molar-refractivity contribution is -0.127. The molecule has 6 nitrogen and oxygen atoms in total. The fraction of sp³-hybridized carbons (Fsp3) is 0.133. The zero-order chi connectivity index (χ0) is 15.8. The maximum Gasteiger partial charge on any atom is 0.250 e. The number of anilines is 1. The average molecular weight is 312 g/mol. The summed E-state index contributed by atoms with van der Waals surface area (Å²) in [6.45, 7) is 0. The van der Waals surface area contributed by atoms with Crippen LogP contribution in [0.5, 0.6) is 0 Å². The van der Waals surface area contributed by atoms with Gasteiger partial charge in [0.25, 0.3) is 5.91 Å². The topological polar surface area (TPSA) is 95.7 Å². The number of ketones is 1. The summed E-state index contributed by atoms with van der Waals surface area (Å²) in [5.74, 6) is -2.12. The van der Waals surface area contributed by atoms with Crippen molar-refractivity contribution in [2.24, 2.45) is 5.92 Å². The molecule has 110 valence electrons. The second kappa shape index (κ2) is 7.90. The van der Waals surface area contributed by atoms with Crippen LogP contribution >= 0.6 is 11.8 Å².